The number of anilines is 1. The molecule has 1 aliphatic heterocycles. The van der Waals surface area contributed by atoms with Crippen molar-refractivity contribution in [2.24, 2.45) is 10.9 Å². The molecule has 0 bridgehead atoms. The molecule has 1 aliphatic rings. The van der Waals surface area contributed by atoms with Crippen molar-refractivity contribution < 1.29 is 4.74 Å². The van der Waals surface area contributed by atoms with Crippen LogP contribution in [0.4, 0.5) is 5.69 Å². The van der Waals surface area contributed by atoms with Gasteiger partial charge in [-0.1, -0.05) is 42.5 Å². The molecule has 0 amide bonds. The number of likely N-dealkylation sites (tertiary alicyclic amines) is 1. The Bertz CT molecular complexity index is 730. The van der Waals surface area contributed by atoms with Gasteiger partial charge in [-0.2, -0.15) is 0 Å². The molecule has 2 aromatic carbocycles. The third kappa shape index (κ3) is 5.99. The van der Waals surface area contributed by atoms with Crippen molar-refractivity contribution in [3.63, 3.8) is 0 Å². The van der Waals surface area contributed by atoms with Crippen molar-refractivity contribution in [1.29, 1.82) is 0 Å². The Kier molecular flexibility index (Phi) is 7.73. The van der Waals surface area contributed by atoms with Gasteiger partial charge in [0.15, 0.2) is 5.96 Å². The Hall–Kier alpha value is -2.53. The fourth-order valence-corrected chi connectivity index (χ4v) is 3.69. The summed E-state index contributed by atoms with van der Waals surface area (Å²) in [4.78, 5) is 6.88. The SMILES string of the molecule is CN=C(NCc1ccc(NCCOC)cc1)N1CCC(Cc2ccccc2)C1. The van der Waals surface area contributed by atoms with E-state index in [9.17, 15) is 0 Å². The Balaban J connectivity index is 1.46. The highest BCUT2D eigenvalue weighted by atomic mass is 16.5. The first-order chi connectivity index (χ1) is 13.8. The highest BCUT2D eigenvalue weighted by Gasteiger charge is 2.24. The van der Waals surface area contributed by atoms with Gasteiger partial charge in [-0.15, -0.1) is 0 Å². The quantitative estimate of drug-likeness (QED) is 0.419. The second-order valence-electron chi connectivity index (χ2n) is 7.31. The number of rotatable bonds is 8. The summed E-state index contributed by atoms with van der Waals surface area (Å²) in [6, 6.07) is 19.3. The van der Waals surface area contributed by atoms with Gasteiger partial charge in [0.2, 0.25) is 0 Å². The Morgan fingerprint density at radius 3 is 2.61 bits per heavy atom. The van der Waals surface area contributed by atoms with Crippen LogP contribution < -0.4 is 10.6 Å². The van der Waals surface area contributed by atoms with E-state index >= 15 is 0 Å². The van der Waals surface area contributed by atoms with Crippen LogP contribution in [0.2, 0.25) is 0 Å². The van der Waals surface area contributed by atoms with Gasteiger partial charge < -0.3 is 20.3 Å². The molecular formula is C23H32N4O. The van der Waals surface area contributed by atoms with Crippen LogP contribution in [0.3, 0.4) is 0 Å². The molecule has 1 heterocycles. The minimum Gasteiger partial charge on any atom is -0.383 e. The van der Waals surface area contributed by atoms with Crippen LogP contribution in [-0.2, 0) is 17.7 Å². The van der Waals surface area contributed by atoms with Crippen LogP contribution >= 0.6 is 0 Å². The first kappa shape index (κ1) is 20.2. The summed E-state index contributed by atoms with van der Waals surface area (Å²) in [5.41, 5.74) is 3.79. The molecule has 0 spiro atoms. The number of benzene rings is 2. The van der Waals surface area contributed by atoms with E-state index in [-0.39, 0.29) is 0 Å². The van der Waals surface area contributed by atoms with E-state index in [1.165, 1.54) is 17.5 Å². The maximum Gasteiger partial charge on any atom is 0.193 e. The van der Waals surface area contributed by atoms with Crippen molar-refractivity contribution in [3.05, 3.63) is 65.7 Å². The fourth-order valence-electron chi connectivity index (χ4n) is 3.69. The minimum atomic E-state index is 0.693. The third-order valence-electron chi connectivity index (χ3n) is 5.20. The molecule has 2 N–H and O–H groups in total. The van der Waals surface area contributed by atoms with Crippen LogP contribution in [0.15, 0.2) is 59.6 Å². The molecule has 5 heteroatoms. The number of nitrogens with zero attached hydrogens (tertiary/aromatic N) is 2. The van der Waals surface area contributed by atoms with Gasteiger partial charge in [-0.05, 0) is 42.0 Å². The zero-order valence-electron chi connectivity index (χ0n) is 17.0. The Morgan fingerprint density at radius 2 is 1.89 bits per heavy atom. The highest BCUT2D eigenvalue weighted by Crippen LogP contribution is 2.21. The Labute approximate surface area is 168 Å². The molecular weight excluding hydrogens is 348 g/mol. The van der Waals surface area contributed by atoms with Crippen molar-refractivity contribution >= 4 is 11.6 Å². The van der Waals surface area contributed by atoms with Crippen molar-refractivity contribution in [1.82, 2.24) is 10.2 Å². The van der Waals surface area contributed by atoms with Gasteiger partial charge in [-0.3, -0.25) is 4.99 Å². The van der Waals surface area contributed by atoms with E-state index in [2.05, 4.69) is 75.1 Å². The second-order valence-corrected chi connectivity index (χ2v) is 7.31. The topological polar surface area (TPSA) is 48.9 Å². The normalized spacial score (nSPS) is 17.0. The molecule has 150 valence electrons. The lowest BCUT2D eigenvalue weighted by molar-refractivity contribution is 0.211. The van der Waals surface area contributed by atoms with Crippen LogP contribution in [0.5, 0.6) is 0 Å². The number of ether oxygens (including phenoxy) is 1. The Morgan fingerprint density at radius 1 is 1.11 bits per heavy atom. The number of aliphatic imine (C=N–C) groups is 1. The predicted octanol–water partition coefficient (Wildman–Crippen LogP) is 3.38. The molecule has 1 fully saturated rings. The van der Waals surface area contributed by atoms with Crippen LogP contribution in [-0.4, -0.2) is 51.3 Å². The number of nitrogens with one attached hydrogen (secondary N) is 2. The summed E-state index contributed by atoms with van der Waals surface area (Å²) in [5, 5.41) is 6.86. The molecule has 1 unspecified atom stereocenters. The minimum absolute atomic E-state index is 0.693. The lowest BCUT2D eigenvalue weighted by atomic mass is 9.99. The van der Waals surface area contributed by atoms with Gasteiger partial charge in [0, 0.05) is 46.0 Å². The van der Waals surface area contributed by atoms with Gasteiger partial charge in [0.1, 0.15) is 0 Å². The second kappa shape index (κ2) is 10.7. The summed E-state index contributed by atoms with van der Waals surface area (Å²) in [6.45, 7) is 4.45. The average Bonchev–Trinajstić information content (AvgIpc) is 3.19. The molecule has 2 aromatic rings. The summed E-state index contributed by atoms with van der Waals surface area (Å²) in [6.07, 6.45) is 2.36. The molecule has 1 saturated heterocycles. The highest BCUT2D eigenvalue weighted by molar-refractivity contribution is 5.80. The standard InChI is InChI=1S/C23H32N4O/c1-24-23(26-17-20-8-10-22(11-9-20)25-13-15-28-2)27-14-12-21(18-27)16-19-6-4-3-5-7-19/h3-11,21,25H,12-18H2,1-2H3,(H,24,26). The number of guanidine groups is 1. The van der Waals surface area contributed by atoms with E-state index in [0.29, 0.717) is 12.5 Å². The van der Waals surface area contributed by atoms with E-state index < -0.39 is 0 Å². The van der Waals surface area contributed by atoms with Crippen molar-refractivity contribution in [2.75, 3.05) is 45.7 Å². The fraction of sp³-hybridized carbons (Fsp3) is 0.435. The van der Waals surface area contributed by atoms with Gasteiger partial charge >= 0.3 is 0 Å². The molecule has 5 nitrogen and oxygen atoms in total. The largest absolute Gasteiger partial charge is 0.383 e. The third-order valence-corrected chi connectivity index (χ3v) is 5.20. The molecule has 28 heavy (non-hydrogen) atoms. The molecule has 0 saturated carbocycles. The number of hydrogen-bond acceptors (Lipinski definition) is 3. The van der Waals surface area contributed by atoms with E-state index in [4.69, 9.17) is 4.74 Å². The first-order valence-corrected chi connectivity index (χ1v) is 10.1. The summed E-state index contributed by atoms with van der Waals surface area (Å²) in [5.74, 6) is 1.69. The van der Waals surface area contributed by atoms with Crippen LogP contribution in [0.25, 0.3) is 0 Å². The van der Waals surface area contributed by atoms with E-state index in [0.717, 1.165) is 44.2 Å². The molecule has 0 radical (unpaired) electrons. The van der Waals surface area contributed by atoms with Crippen LogP contribution in [0, 0.1) is 5.92 Å². The zero-order valence-corrected chi connectivity index (χ0v) is 17.0. The lowest BCUT2D eigenvalue weighted by Crippen LogP contribution is -2.39. The van der Waals surface area contributed by atoms with Gasteiger partial charge in [0.25, 0.3) is 0 Å². The predicted molar refractivity (Wildman–Crippen MR) is 117 cm³/mol. The monoisotopic (exact) mass is 380 g/mol. The van der Waals surface area contributed by atoms with Crippen LogP contribution in [0.1, 0.15) is 17.5 Å². The zero-order chi connectivity index (χ0) is 19.6. The summed E-state index contributed by atoms with van der Waals surface area (Å²) < 4.78 is 5.06. The molecule has 3 rings (SSSR count). The first-order valence-electron chi connectivity index (χ1n) is 10.1. The van der Waals surface area contributed by atoms with Crippen molar-refractivity contribution in [2.45, 2.75) is 19.4 Å². The average molecular weight is 381 g/mol. The van der Waals surface area contributed by atoms with Gasteiger partial charge in [-0.25, -0.2) is 0 Å². The smallest absolute Gasteiger partial charge is 0.193 e. The molecule has 0 aromatic heterocycles. The van der Waals surface area contributed by atoms with E-state index in [1.54, 1.807) is 7.11 Å². The summed E-state index contributed by atoms with van der Waals surface area (Å²) in [7, 11) is 3.59. The number of hydrogen-bond donors (Lipinski definition) is 2. The lowest BCUT2D eigenvalue weighted by Gasteiger charge is -2.22. The van der Waals surface area contributed by atoms with Crippen molar-refractivity contribution in [3.8, 4) is 0 Å². The van der Waals surface area contributed by atoms with E-state index in [1.807, 2.05) is 7.05 Å². The maximum absolute atomic E-state index is 5.06. The van der Waals surface area contributed by atoms with Gasteiger partial charge in [0.05, 0.1) is 6.61 Å². The maximum atomic E-state index is 5.06. The molecule has 1 atom stereocenters. The summed E-state index contributed by atoms with van der Waals surface area (Å²) >= 11 is 0. The molecule has 0 aliphatic carbocycles. The number of methoxy groups -OCH3 is 1.